The summed E-state index contributed by atoms with van der Waals surface area (Å²) in [6, 6.07) is 5.21. The van der Waals surface area contributed by atoms with Gasteiger partial charge in [0.2, 0.25) is 0 Å². The van der Waals surface area contributed by atoms with E-state index in [0.29, 0.717) is 5.69 Å². The van der Waals surface area contributed by atoms with Gasteiger partial charge in [0.1, 0.15) is 5.52 Å². The van der Waals surface area contributed by atoms with E-state index in [2.05, 4.69) is 11.9 Å². The largest absolute Gasteiger partial charge is 0.595 e. The van der Waals surface area contributed by atoms with Crippen molar-refractivity contribution in [2.24, 2.45) is 0 Å². The number of fused-ring (bicyclic) bond motifs is 1. The highest BCUT2D eigenvalue weighted by Crippen LogP contribution is 2.27. The predicted octanol–water partition coefficient (Wildman–Crippen LogP) is 1.57. The molecule has 0 radical (unpaired) electrons. The monoisotopic (exact) mass is 253 g/mol. The van der Waals surface area contributed by atoms with Gasteiger partial charge in [0.05, 0.1) is 5.52 Å². The molecule has 0 spiro atoms. The van der Waals surface area contributed by atoms with Crippen LogP contribution in [0.25, 0.3) is 11.0 Å². The number of aromatic nitrogens is 2. The van der Waals surface area contributed by atoms with Crippen molar-refractivity contribution >= 4 is 28.5 Å². The Morgan fingerprint density at radius 3 is 2.82 bits per heavy atom. The normalized spacial score (nSPS) is 13.2. The van der Waals surface area contributed by atoms with Gasteiger partial charge in [-0.05, 0) is 18.7 Å². The maximum absolute atomic E-state index is 11.2. The lowest BCUT2D eigenvalue weighted by Crippen LogP contribution is -2.99. The van der Waals surface area contributed by atoms with Crippen molar-refractivity contribution in [1.29, 1.82) is 0 Å². The van der Waals surface area contributed by atoms with E-state index >= 15 is 0 Å². The number of rotatable bonds is 4. The molecule has 0 fully saturated rings. The zero-order valence-electron chi connectivity index (χ0n) is 9.80. The number of thioether (sulfide) groups is 1. The average Bonchev–Trinajstić information content (AvgIpc) is 2.66. The van der Waals surface area contributed by atoms with Gasteiger partial charge in [0, 0.05) is 12.6 Å². The Morgan fingerprint density at radius 2 is 2.24 bits per heavy atom. The van der Waals surface area contributed by atoms with Gasteiger partial charge in [0.15, 0.2) is 10.8 Å². The second-order valence-corrected chi connectivity index (χ2v) is 4.78. The molecule has 0 saturated carbocycles. The van der Waals surface area contributed by atoms with Crippen molar-refractivity contribution in [3.63, 3.8) is 0 Å². The lowest BCUT2D eigenvalue weighted by Gasteiger charge is -2.14. The number of aryl methyl sites for hydroxylation is 1. The van der Waals surface area contributed by atoms with Crippen LogP contribution in [0.15, 0.2) is 23.4 Å². The molecule has 5 nitrogen and oxygen atoms in total. The number of nitrogens with one attached hydrogen (secondary N) is 1. The van der Waals surface area contributed by atoms with Crippen LogP contribution in [0.3, 0.4) is 0 Å². The first-order valence-corrected chi connectivity index (χ1v) is 6.53. The molecule has 1 heterocycles. The fourth-order valence-electron chi connectivity index (χ4n) is 1.87. The Morgan fingerprint density at radius 1 is 1.47 bits per heavy atom. The summed E-state index contributed by atoms with van der Waals surface area (Å²) in [4.78, 5) is 4.48. The van der Waals surface area contributed by atoms with Gasteiger partial charge >= 0.3 is 0 Å². The summed E-state index contributed by atoms with van der Waals surface area (Å²) in [5.41, 5.74) is 1.79. The number of para-hydroxylation sites is 1. The average molecular weight is 253 g/mol. The topological polar surface area (TPSA) is 65.6 Å². The first-order valence-electron chi connectivity index (χ1n) is 5.54. The van der Waals surface area contributed by atoms with Crippen LogP contribution >= 0.6 is 11.8 Å². The summed E-state index contributed by atoms with van der Waals surface area (Å²) in [5, 5.41) is 20.4. The standard InChI is InChI=1S/C11H15N3O2S/c1-3-13-10-8(12-11(13)17-4-2)6-5-7-9(10)14(15)16/h5-7,14-15H,3-4H2,1-2H3. The zero-order chi connectivity index (χ0) is 12.4. The summed E-state index contributed by atoms with van der Waals surface area (Å²) in [6.45, 7) is 4.78. The minimum Gasteiger partial charge on any atom is -0.595 e. The van der Waals surface area contributed by atoms with E-state index in [0.717, 1.165) is 28.5 Å². The smallest absolute Gasteiger partial charge is 0.190 e. The number of quaternary nitrogens is 1. The van der Waals surface area contributed by atoms with Crippen LogP contribution in [0.1, 0.15) is 13.8 Å². The Balaban J connectivity index is 2.70. The maximum Gasteiger partial charge on any atom is 0.190 e. The van der Waals surface area contributed by atoms with Crippen molar-refractivity contribution in [2.45, 2.75) is 25.5 Å². The first-order chi connectivity index (χ1) is 8.19. The predicted molar refractivity (Wildman–Crippen MR) is 67.6 cm³/mol. The summed E-state index contributed by atoms with van der Waals surface area (Å²) in [7, 11) is 0. The fraction of sp³-hybridized carbons (Fsp3) is 0.364. The van der Waals surface area contributed by atoms with Crippen molar-refractivity contribution in [3.05, 3.63) is 23.4 Å². The molecule has 92 valence electrons. The Labute approximate surface area is 104 Å². The van der Waals surface area contributed by atoms with E-state index in [4.69, 9.17) is 0 Å². The summed E-state index contributed by atoms with van der Waals surface area (Å²) in [5.74, 6) is 0.922. The molecule has 0 amide bonds. The first kappa shape index (κ1) is 12.4. The molecular weight excluding hydrogens is 238 g/mol. The minimum absolute atomic E-state index is 0.319. The molecule has 0 aliphatic carbocycles. The molecule has 1 atom stereocenters. The van der Waals surface area contributed by atoms with Crippen LogP contribution in [-0.4, -0.2) is 20.5 Å². The van der Waals surface area contributed by atoms with Gasteiger partial charge in [-0.2, -0.15) is 5.23 Å². The van der Waals surface area contributed by atoms with E-state index in [1.165, 1.54) is 0 Å². The molecule has 1 unspecified atom stereocenters. The number of imidazole rings is 1. The van der Waals surface area contributed by atoms with Crippen LogP contribution in [-0.2, 0) is 6.54 Å². The maximum atomic E-state index is 11.2. The minimum atomic E-state index is -0.904. The third-order valence-electron chi connectivity index (χ3n) is 2.55. The molecule has 6 heteroatoms. The number of benzene rings is 1. The number of hydrogen-bond donors (Lipinski definition) is 2. The molecule has 0 bridgehead atoms. The highest BCUT2D eigenvalue weighted by molar-refractivity contribution is 7.99. The molecule has 0 aliphatic rings. The van der Waals surface area contributed by atoms with Gasteiger partial charge in [-0.15, -0.1) is 0 Å². The van der Waals surface area contributed by atoms with Crippen LogP contribution in [0.2, 0.25) is 0 Å². The van der Waals surface area contributed by atoms with Gasteiger partial charge < -0.3 is 9.77 Å². The highest BCUT2D eigenvalue weighted by atomic mass is 32.2. The SMILES string of the molecule is CCSc1nc2cccc([NH+]([O-])O)c2n1CC. The molecule has 2 N–H and O–H groups in total. The number of nitrogens with zero attached hydrogens (tertiary/aromatic N) is 2. The molecular formula is C11H15N3O2S. The molecule has 0 aliphatic heterocycles. The van der Waals surface area contributed by atoms with Gasteiger partial charge in [-0.1, -0.05) is 24.8 Å². The van der Waals surface area contributed by atoms with E-state index < -0.39 is 5.23 Å². The molecule has 2 aromatic rings. The van der Waals surface area contributed by atoms with Crippen molar-refractivity contribution in [1.82, 2.24) is 9.55 Å². The van der Waals surface area contributed by atoms with E-state index in [-0.39, 0.29) is 0 Å². The summed E-state index contributed by atoms with van der Waals surface area (Å²) < 4.78 is 1.97. The molecule has 1 aromatic heterocycles. The fourth-order valence-corrected chi connectivity index (χ4v) is 2.67. The van der Waals surface area contributed by atoms with Gasteiger partial charge in [0.25, 0.3) is 0 Å². The van der Waals surface area contributed by atoms with E-state index in [9.17, 15) is 10.4 Å². The Hall–Kier alpha value is -1.08. The van der Waals surface area contributed by atoms with Crippen LogP contribution in [0, 0.1) is 5.21 Å². The highest BCUT2D eigenvalue weighted by Gasteiger charge is 2.16. The van der Waals surface area contributed by atoms with Crippen LogP contribution < -0.4 is 5.23 Å². The van der Waals surface area contributed by atoms with Crippen molar-refractivity contribution in [3.8, 4) is 0 Å². The van der Waals surface area contributed by atoms with Crippen LogP contribution in [0.4, 0.5) is 5.69 Å². The van der Waals surface area contributed by atoms with Gasteiger partial charge in [-0.3, -0.25) is 0 Å². The molecule has 2 rings (SSSR count). The summed E-state index contributed by atoms with van der Waals surface area (Å²) >= 11 is 1.63. The number of hydrogen-bond acceptors (Lipinski definition) is 4. The second kappa shape index (κ2) is 5.05. The molecule has 17 heavy (non-hydrogen) atoms. The van der Waals surface area contributed by atoms with Gasteiger partial charge in [-0.25, -0.2) is 10.2 Å². The van der Waals surface area contributed by atoms with Crippen molar-refractivity contribution < 1.29 is 10.4 Å². The second-order valence-electron chi connectivity index (χ2n) is 3.55. The third-order valence-corrected chi connectivity index (χ3v) is 3.41. The molecule has 1 aromatic carbocycles. The zero-order valence-corrected chi connectivity index (χ0v) is 10.6. The molecule has 0 saturated heterocycles. The third kappa shape index (κ3) is 2.16. The lowest BCUT2D eigenvalue weighted by atomic mass is 10.2. The lowest BCUT2D eigenvalue weighted by molar-refractivity contribution is -0.990. The van der Waals surface area contributed by atoms with E-state index in [1.807, 2.05) is 17.6 Å². The quantitative estimate of drug-likeness (QED) is 0.641. The summed E-state index contributed by atoms with van der Waals surface area (Å²) in [6.07, 6.45) is 0. The van der Waals surface area contributed by atoms with Crippen molar-refractivity contribution in [2.75, 3.05) is 5.75 Å². The Bertz CT molecular complexity index is 525. The van der Waals surface area contributed by atoms with Crippen LogP contribution in [0.5, 0.6) is 0 Å². The Kier molecular flexibility index (Phi) is 3.68. The van der Waals surface area contributed by atoms with E-state index in [1.54, 1.807) is 23.9 Å².